The number of halogens is 1. The number of nitrogens with one attached hydrogen (secondary N) is 2. The summed E-state index contributed by atoms with van der Waals surface area (Å²) >= 11 is 3.44. The Morgan fingerprint density at radius 2 is 1.96 bits per heavy atom. The minimum atomic E-state index is -0.420. The minimum absolute atomic E-state index is 0.0705. The summed E-state index contributed by atoms with van der Waals surface area (Å²) in [4.78, 5) is 12.1. The molecule has 2 aromatic carbocycles. The monoisotopic (exact) mass is 406 g/mol. The van der Waals surface area contributed by atoms with Crippen LogP contribution in [0.4, 0.5) is 5.69 Å². The van der Waals surface area contributed by atoms with Crippen LogP contribution in [0.25, 0.3) is 0 Å². The van der Waals surface area contributed by atoms with Crippen LogP contribution in [-0.2, 0) is 11.3 Å². The van der Waals surface area contributed by atoms with Crippen molar-refractivity contribution in [1.29, 1.82) is 0 Å². The summed E-state index contributed by atoms with van der Waals surface area (Å²) in [5.74, 6) is 0.426. The molecule has 0 unspecified atom stereocenters. The largest absolute Gasteiger partial charge is 0.483 e. The van der Waals surface area contributed by atoms with Crippen LogP contribution >= 0.6 is 15.9 Å². The maximum atomic E-state index is 12.1. The Morgan fingerprint density at radius 1 is 1.24 bits per heavy atom. The van der Waals surface area contributed by atoms with Crippen molar-refractivity contribution in [3.05, 3.63) is 58.1 Å². The standard InChI is InChI=1S/C19H23BrN2O3/c1-13-3-6-17(7-4-13)22-19(24)12-25-18-8-5-16(20)9-15(18)11-21-10-14(2)23/h3-9,14,21,23H,10-12H2,1-2H3,(H,22,24)/t14-/m1/s1. The van der Waals surface area contributed by atoms with E-state index >= 15 is 0 Å². The van der Waals surface area contributed by atoms with Gasteiger partial charge in [-0.15, -0.1) is 0 Å². The van der Waals surface area contributed by atoms with E-state index in [9.17, 15) is 9.90 Å². The van der Waals surface area contributed by atoms with Crippen LogP contribution in [0.5, 0.6) is 5.75 Å². The summed E-state index contributed by atoms with van der Waals surface area (Å²) in [6.45, 7) is 4.67. The van der Waals surface area contributed by atoms with E-state index in [0.717, 1.165) is 21.3 Å². The van der Waals surface area contributed by atoms with Crippen molar-refractivity contribution in [1.82, 2.24) is 5.32 Å². The molecule has 5 nitrogen and oxygen atoms in total. The summed E-state index contributed by atoms with van der Waals surface area (Å²) in [6.07, 6.45) is -0.420. The third-order valence-corrected chi connectivity index (χ3v) is 3.97. The number of carbonyl (C=O) groups is 1. The summed E-state index contributed by atoms with van der Waals surface area (Å²) < 4.78 is 6.60. The molecule has 2 aromatic rings. The molecular weight excluding hydrogens is 384 g/mol. The van der Waals surface area contributed by atoms with E-state index in [-0.39, 0.29) is 12.5 Å². The fourth-order valence-electron chi connectivity index (χ4n) is 2.22. The number of aliphatic hydroxyl groups is 1. The van der Waals surface area contributed by atoms with Gasteiger partial charge in [-0.1, -0.05) is 33.6 Å². The average molecular weight is 407 g/mol. The molecule has 6 heteroatoms. The summed E-state index contributed by atoms with van der Waals surface area (Å²) in [5.41, 5.74) is 2.80. The first-order valence-electron chi connectivity index (χ1n) is 8.10. The maximum absolute atomic E-state index is 12.1. The van der Waals surface area contributed by atoms with Crippen LogP contribution < -0.4 is 15.4 Å². The Kier molecular flexibility index (Phi) is 7.43. The predicted octanol–water partition coefficient (Wildman–Crippen LogP) is 3.25. The summed E-state index contributed by atoms with van der Waals surface area (Å²) in [5, 5.41) is 15.3. The van der Waals surface area contributed by atoms with Gasteiger partial charge in [-0.3, -0.25) is 4.79 Å². The normalized spacial score (nSPS) is 11.8. The van der Waals surface area contributed by atoms with Crippen molar-refractivity contribution in [3.63, 3.8) is 0 Å². The molecule has 0 heterocycles. The van der Waals surface area contributed by atoms with Gasteiger partial charge in [0, 0.05) is 28.8 Å². The molecular formula is C19H23BrN2O3. The quantitative estimate of drug-likeness (QED) is 0.629. The first kappa shape index (κ1) is 19.4. The van der Waals surface area contributed by atoms with Gasteiger partial charge < -0.3 is 20.5 Å². The van der Waals surface area contributed by atoms with Crippen LogP contribution in [0.15, 0.2) is 46.9 Å². The van der Waals surface area contributed by atoms with Crippen molar-refractivity contribution in [2.24, 2.45) is 0 Å². The highest BCUT2D eigenvalue weighted by atomic mass is 79.9. The number of carbonyl (C=O) groups excluding carboxylic acids is 1. The van der Waals surface area contributed by atoms with Gasteiger partial charge in [0.05, 0.1) is 6.10 Å². The molecule has 2 rings (SSSR count). The van der Waals surface area contributed by atoms with Crippen LogP contribution in [-0.4, -0.2) is 30.3 Å². The molecule has 0 saturated heterocycles. The molecule has 0 saturated carbocycles. The van der Waals surface area contributed by atoms with Gasteiger partial charge in [-0.05, 0) is 44.2 Å². The molecule has 134 valence electrons. The smallest absolute Gasteiger partial charge is 0.262 e. The molecule has 0 bridgehead atoms. The molecule has 0 aromatic heterocycles. The lowest BCUT2D eigenvalue weighted by molar-refractivity contribution is -0.118. The van der Waals surface area contributed by atoms with Gasteiger partial charge in [0.15, 0.2) is 6.61 Å². The molecule has 1 amide bonds. The first-order valence-corrected chi connectivity index (χ1v) is 8.90. The Labute approximate surface area is 156 Å². The van der Waals surface area contributed by atoms with E-state index in [4.69, 9.17) is 4.74 Å². The first-order chi connectivity index (χ1) is 11.9. The van der Waals surface area contributed by atoms with Crippen LogP contribution in [0, 0.1) is 6.92 Å². The number of hydrogen-bond acceptors (Lipinski definition) is 4. The Morgan fingerprint density at radius 3 is 2.64 bits per heavy atom. The second kappa shape index (κ2) is 9.56. The van der Waals surface area contributed by atoms with E-state index in [2.05, 4.69) is 26.6 Å². The third kappa shape index (κ3) is 6.86. The summed E-state index contributed by atoms with van der Waals surface area (Å²) in [6, 6.07) is 13.2. The van der Waals surface area contributed by atoms with Crippen molar-refractivity contribution in [3.8, 4) is 5.75 Å². The second-order valence-electron chi connectivity index (χ2n) is 5.93. The van der Waals surface area contributed by atoms with Crippen molar-refractivity contribution in [2.45, 2.75) is 26.5 Å². The molecule has 0 aliphatic rings. The number of ether oxygens (including phenoxy) is 1. The minimum Gasteiger partial charge on any atom is -0.483 e. The average Bonchev–Trinajstić information content (AvgIpc) is 2.56. The molecule has 0 radical (unpaired) electrons. The topological polar surface area (TPSA) is 70.6 Å². The maximum Gasteiger partial charge on any atom is 0.262 e. The van der Waals surface area contributed by atoms with E-state index in [0.29, 0.717) is 18.8 Å². The molecule has 1 atom stereocenters. The zero-order valence-corrected chi connectivity index (χ0v) is 16.0. The number of hydrogen-bond donors (Lipinski definition) is 3. The van der Waals surface area contributed by atoms with Gasteiger partial charge >= 0.3 is 0 Å². The van der Waals surface area contributed by atoms with Gasteiger partial charge in [0.2, 0.25) is 0 Å². The number of anilines is 1. The highest BCUT2D eigenvalue weighted by Gasteiger charge is 2.09. The SMILES string of the molecule is Cc1ccc(NC(=O)COc2ccc(Br)cc2CNC[C@@H](C)O)cc1. The third-order valence-electron chi connectivity index (χ3n) is 3.47. The molecule has 0 aliphatic carbocycles. The van der Waals surface area contributed by atoms with Crippen LogP contribution in [0.2, 0.25) is 0 Å². The Bertz CT molecular complexity index is 702. The Hall–Kier alpha value is -1.89. The van der Waals surface area contributed by atoms with E-state index in [1.165, 1.54) is 0 Å². The predicted molar refractivity (Wildman–Crippen MR) is 103 cm³/mol. The lowest BCUT2D eigenvalue weighted by Gasteiger charge is -2.13. The number of benzene rings is 2. The van der Waals surface area contributed by atoms with Crippen LogP contribution in [0.1, 0.15) is 18.1 Å². The fourth-order valence-corrected chi connectivity index (χ4v) is 2.63. The highest BCUT2D eigenvalue weighted by Crippen LogP contribution is 2.23. The van der Waals surface area contributed by atoms with Crippen molar-refractivity contribution >= 4 is 27.5 Å². The Balaban J connectivity index is 1.92. The zero-order chi connectivity index (χ0) is 18.2. The second-order valence-corrected chi connectivity index (χ2v) is 6.85. The van der Waals surface area contributed by atoms with E-state index in [1.807, 2.05) is 49.4 Å². The zero-order valence-electron chi connectivity index (χ0n) is 14.4. The summed E-state index contributed by atoms with van der Waals surface area (Å²) in [7, 11) is 0. The number of amides is 1. The van der Waals surface area contributed by atoms with Gasteiger partial charge in [0.1, 0.15) is 5.75 Å². The van der Waals surface area contributed by atoms with Crippen molar-refractivity contribution < 1.29 is 14.6 Å². The molecule has 25 heavy (non-hydrogen) atoms. The lowest BCUT2D eigenvalue weighted by Crippen LogP contribution is -2.24. The van der Waals surface area contributed by atoms with E-state index < -0.39 is 6.10 Å². The fraction of sp³-hybridized carbons (Fsp3) is 0.316. The van der Waals surface area contributed by atoms with Crippen LogP contribution in [0.3, 0.4) is 0 Å². The van der Waals surface area contributed by atoms with E-state index in [1.54, 1.807) is 6.92 Å². The lowest BCUT2D eigenvalue weighted by atomic mass is 10.2. The number of rotatable bonds is 8. The molecule has 0 spiro atoms. The molecule has 0 aliphatic heterocycles. The van der Waals surface area contributed by atoms with Crippen molar-refractivity contribution in [2.75, 3.05) is 18.5 Å². The van der Waals surface area contributed by atoms with Gasteiger partial charge in [-0.2, -0.15) is 0 Å². The number of aliphatic hydroxyl groups excluding tert-OH is 1. The number of aryl methyl sites for hydroxylation is 1. The van der Waals surface area contributed by atoms with Gasteiger partial charge in [-0.25, -0.2) is 0 Å². The molecule has 0 fully saturated rings. The highest BCUT2D eigenvalue weighted by molar-refractivity contribution is 9.10. The molecule has 3 N–H and O–H groups in total. The van der Waals surface area contributed by atoms with Gasteiger partial charge in [0.25, 0.3) is 5.91 Å².